The van der Waals surface area contributed by atoms with Crippen LogP contribution in [0, 0.1) is 0 Å². The highest BCUT2D eigenvalue weighted by molar-refractivity contribution is 7.80. The fourth-order valence-electron chi connectivity index (χ4n) is 0.547. The molecule has 0 saturated heterocycles. The molecule has 0 spiro atoms. The number of hydrogen-bond acceptors (Lipinski definition) is 4. The molecule has 0 aliphatic heterocycles. The summed E-state index contributed by atoms with van der Waals surface area (Å²) < 4.78 is 5.17. The molecular formula is C7H18Cl2N2OS. The van der Waals surface area contributed by atoms with E-state index in [1.165, 1.54) is 0 Å². The number of ether oxygens (including phenoxy) is 1. The second-order valence-corrected chi connectivity index (χ2v) is 2.60. The number of likely N-dealkylation sites (N-methyl/N-ethyl adjacent to an activating group) is 1. The second kappa shape index (κ2) is 14.9. The molecule has 0 aromatic rings. The Morgan fingerprint density at radius 1 is 1.46 bits per heavy atom. The summed E-state index contributed by atoms with van der Waals surface area (Å²) in [4.78, 5) is 0. The van der Waals surface area contributed by atoms with Crippen molar-refractivity contribution in [2.24, 2.45) is 5.73 Å². The Balaban J connectivity index is -0.000000500. The zero-order valence-electron chi connectivity index (χ0n) is 7.75. The molecule has 0 atom stereocenters. The van der Waals surface area contributed by atoms with Crippen LogP contribution < -0.4 is 11.1 Å². The minimum Gasteiger partial charge on any atom is -0.486 e. The van der Waals surface area contributed by atoms with E-state index in [9.17, 15) is 0 Å². The fourth-order valence-corrected chi connectivity index (χ4v) is 0.733. The topological polar surface area (TPSA) is 47.3 Å². The molecule has 0 aromatic heterocycles. The molecule has 0 unspecified atom stereocenters. The molecule has 0 aromatic carbocycles. The number of nitrogens with two attached hydrogens (primary N) is 1. The lowest BCUT2D eigenvalue weighted by Crippen LogP contribution is -2.23. The van der Waals surface area contributed by atoms with E-state index in [1.807, 2.05) is 6.92 Å². The van der Waals surface area contributed by atoms with E-state index < -0.39 is 0 Å². The summed E-state index contributed by atoms with van der Waals surface area (Å²) in [5.74, 6) is 0. The molecule has 0 radical (unpaired) electrons. The monoisotopic (exact) mass is 248 g/mol. The summed E-state index contributed by atoms with van der Waals surface area (Å²) >= 11 is 4.91. The molecule has 3 nitrogen and oxygen atoms in total. The third kappa shape index (κ3) is 15.2. The van der Waals surface area contributed by atoms with E-state index in [0.29, 0.717) is 24.7 Å². The minimum atomic E-state index is 0. The Morgan fingerprint density at radius 2 is 2.08 bits per heavy atom. The fraction of sp³-hybridized carbons (Fsp3) is 0.857. The Bertz CT molecular complexity index is 117. The van der Waals surface area contributed by atoms with Gasteiger partial charge in [0.15, 0.2) is 5.05 Å². The van der Waals surface area contributed by atoms with Crippen LogP contribution in [0.2, 0.25) is 0 Å². The van der Waals surface area contributed by atoms with Gasteiger partial charge in [-0.1, -0.05) is 6.92 Å². The van der Waals surface area contributed by atoms with Gasteiger partial charge >= 0.3 is 0 Å². The average molecular weight is 249 g/mol. The number of nitrogens with one attached hydrogen (secondary N) is 1. The highest BCUT2D eigenvalue weighted by Crippen LogP contribution is 1.83. The van der Waals surface area contributed by atoms with Crippen molar-refractivity contribution in [3.8, 4) is 0 Å². The molecule has 0 bridgehead atoms. The molecule has 0 saturated carbocycles. The van der Waals surface area contributed by atoms with E-state index in [4.69, 9.17) is 22.7 Å². The van der Waals surface area contributed by atoms with Crippen molar-refractivity contribution in [1.29, 1.82) is 0 Å². The summed E-state index contributed by atoms with van der Waals surface area (Å²) in [6.07, 6.45) is 0.867. The van der Waals surface area contributed by atoms with Gasteiger partial charge in [0.1, 0.15) is 0 Å². The van der Waals surface area contributed by atoms with E-state index in [2.05, 4.69) is 5.32 Å². The van der Waals surface area contributed by atoms with Crippen LogP contribution in [0.1, 0.15) is 13.3 Å². The van der Waals surface area contributed by atoms with Gasteiger partial charge in [-0.05, 0) is 31.7 Å². The summed E-state index contributed by atoms with van der Waals surface area (Å²) in [5.41, 5.74) is 5.28. The molecule has 3 N–H and O–H groups in total. The molecule has 0 aliphatic rings. The quantitative estimate of drug-likeness (QED) is 0.547. The number of halogens is 2. The van der Waals surface area contributed by atoms with Crippen LogP contribution in [0.15, 0.2) is 0 Å². The van der Waals surface area contributed by atoms with E-state index in [1.54, 1.807) is 0 Å². The normalized spacial score (nSPS) is 8.15. The van der Waals surface area contributed by atoms with Crippen LogP contribution in [0.4, 0.5) is 0 Å². The maximum atomic E-state index is 5.28. The maximum Gasteiger partial charge on any atom is 0.173 e. The molecule has 13 heavy (non-hydrogen) atoms. The third-order valence-corrected chi connectivity index (χ3v) is 1.39. The number of rotatable bonds is 6. The highest BCUT2D eigenvalue weighted by atomic mass is 35.5. The molecule has 0 aliphatic carbocycles. The molecular weight excluding hydrogens is 231 g/mol. The first-order valence-electron chi connectivity index (χ1n) is 3.87. The van der Waals surface area contributed by atoms with Gasteiger partial charge in [0.25, 0.3) is 0 Å². The van der Waals surface area contributed by atoms with Crippen molar-refractivity contribution in [1.82, 2.24) is 5.32 Å². The largest absolute Gasteiger partial charge is 0.486 e. The van der Waals surface area contributed by atoms with Crippen molar-refractivity contribution in [2.45, 2.75) is 13.3 Å². The van der Waals surface area contributed by atoms with E-state index >= 15 is 0 Å². The Hall–Kier alpha value is 0.390. The van der Waals surface area contributed by atoms with Gasteiger partial charge < -0.3 is 15.8 Å². The predicted octanol–water partition coefficient (Wildman–Crippen LogP) is 1.13. The number of thiocarbonyl (C=S) groups is 1. The first kappa shape index (κ1) is 19.0. The Labute approximate surface area is 97.6 Å². The van der Waals surface area contributed by atoms with Crippen molar-refractivity contribution in [3.63, 3.8) is 0 Å². The van der Waals surface area contributed by atoms with Gasteiger partial charge in [0.2, 0.25) is 0 Å². The van der Waals surface area contributed by atoms with Crippen molar-refractivity contribution in [2.75, 3.05) is 26.2 Å². The molecule has 82 valence electrons. The van der Waals surface area contributed by atoms with E-state index in [0.717, 1.165) is 13.0 Å². The van der Waals surface area contributed by atoms with Gasteiger partial charge in [-0.2, -0.15) is 0 Å². The summed E-state index contributed by atoms with van der Waals surface area (Å²) in [5, 5.41) is 3.70. The summed E-state index contributed by atoms with van der Waals surface area (Å²) in [6, 6.07) is 0. The molecule has 0 fully saturated rings. The van der Waals surface area contributed by atoms with Crippen LogP contribution in [0.5, 0.6) is 0 Å². The molecule has 6 heteroatoms. The zero-order valence-corrected chi connectivity index (χ0v) is 10.2. The van der Waals surface area contributed by atoms with Crippen molar-refractivity contribution < 1.29 is 4.74 Å². The molecule has 0 rings (SSSR count). The summed E-state index contributed by atoms with van der Waals surface area (Å²) in [7, 11) is 0. The van der Waals surface area contributed by atoms with Gasteiger partial charge in [0, 0.05) is 0 Å². The standard InChI is InChI=1S/C7H16N2OS.2ClH/c1-2-9-6-7(11)10-5-3-4-8;;/h9H,2-6,8H2,1H3;2*1H. The maximum absolute atomic E-state index is 5.28. The van der Waals surface area contributed by atoms with Gasteiger partial charge in [-0.15, -0.1) is 24.8 Å². The van der Waals surface area contributed by atoms with Crippen molar-refractivity contribution >= 4 is 42.1 Å². The van der Waals surface area contributed by atoms with Crippen LogP contribution in [-0.2, 0) is 4.74 Å². The van der Waals surface area contributed by atoms with Gasteiger partial charge in [-0.3, -0.25) is 0 Å². The lowest BCUT2D eigenvalue weighted by Gasteiger charge is -2.06. The molecule has 0 heterocycles. The van der Waals surface area contributed by atoms with Gasteiger partial charge in [-0.25, -0.2) is 0 Å². The van der Waals surface area contributed by atoms with Crippen LogP contribution in [0.25, 0.3) is 0 Å². The minimum absolute atomic E-state index is 0. The highest BCUT2D eigenvalue weighted by Gasteiger charge is 1.94. The average Bonchev–Trinajstić information content (AvgIpc) is 2.01. The predicted molar refractivity (Wildman–Crippen MR) is 65.3 cm³/mol. The van der Waals surface area contributed by atoms with E-state index in [-0.39, 0.29) is 24.8 Å². The SMILES string of the molecule is CCNCC(=S)OCCCN.Cl.Cl. The number of hydrogen-bond donors (Lipinski definition) is 2. The third-order valence-electron chi connectivity index (χ3n) is 1.13. The van der Waals surface area contributed by atoms with Gasteiger partial charge in [0.05, 0.1) is 13.2 Å². The first-order chi connectivity index (χ1) is 5.31. The van der Waals surface area contributed by atoms with Crippen molar-refractivity contribution in [3.05, 3.63) is 0 Å². The lowest BCUT2D eigenvalue weighted by atomic mass is 10.5. The second-order valence-electron chi connectivity index (χ2n) is 2.14. The smallest absolute Gasteiger partial charge is 0.173 e. The van der Waals surface area contributed by atoms with Crippen LogP contribution >= 0.6 is 37.0 Å². The Kier molecular flexibility index (Phi) is 21.8. The van der Waals surface area contributed by atoms with Crippen LogP contribution in [-0.4, -0.2) is 31.3 Å². The first-order valence-corrected chi connectivity index (χ1v) is 4.28. The Morgan fingerprint density at radius 3 is 2.54 bits per heavy atom. The summed E-state index contributed by atoms with van der Waals surface area (Å²) in [6.45, 7) is 4.91. The molecule has 0 amide bonds. The lowest BCUT2D eigenvalue weighted by molar-refractivity contribution is 0.301. The zero-order chi connectivity index (χ0) is 8.53. The van der Waals surface area contributed by atoms with Crippen LogP contribution in [0.3, 0.4) is 0 Å².